The first-order chi connectivity index (χ1) is 12.1. The van der Waals surface area contributed by atoms with Crippen LogP contribution in [0.5, 0.6) is 0 Å². The van der Waals surface area contributed by atoms with Gasteiger partial charge in [-0.25, -0.2) is 4.98 Å². The van der Waals surface area contributed by atoms with Crippen molar-refractivity contribution in [1.82, 2.24) is 9.88 Å². The molecule has 7 heteroatoms. The van der Waals surface area contributed by atoms with Gasteiger partial charge < -0.3 is 10.2 Å². The maximum absolute atomic E-state index is 13.4. The van der Waals surface area contributed by atoms with Gasteiger partial charge in [-0.1, -0.05) is 12.1 Å². The van der Waals surface area contributed by atoms with Crippen LogP contribution in [0.2, 0.25) is 0 Å². The van der Waals surface area contributed by atoms with Crippen molar-refractivity contribution in [3.8, 4) is 0 Å². The van der Waals surface area contributed by atoms with E-state index >= 15 is 0 Å². The van der Waals surface area contributed by atoms with Crippen molar-refractivity contribution in [3.63, 3.8) is 0 Å². The standard InChI is InChI=1S/C19H20N4O2.ClH/c1-22-11-5-6-13(12-22)19(25)23-16-9-3-2-8-15(16)21-18(24)14-7-4-10-20-17(14)23;/h2-4,7-10,13H,5-6,11-12H2,1H3,(H,21,24);1H. The van der Waals surface area contributed by atoms with Gasteiger partial charge in [-0.2, -0.15) is 0 Å². The van der Waals surface area contributed by atoms with Crippen LogP contribution >= 0.6 is 12.4 Å². The number of hydrogen-bond acceptors (Lipinski definition) is 4. The lowest BCUT2D eigenvalue weighted by atomic mass is 9.96. The number of piperidine rings is 1. The number of nitrogens with one attached hydrogen (secondary N) is 1. The van der Waals surface area contributed by atoms with Crippen LogP contribution in [-0.2, 0) is 4.79 Å². The molecule has 2 amide bonds. The highest BCUT2D eigenvalue weighted by molar-refractivity contribution is 6.17. The summed E-state index contributed by atoms with van der Waals surface area (Å²) in [5.74, 6) is 0.0557. The van der Waals surface area contributed by atoms with Crippen LogP contribution in [0, 0.1) is 5.92 Å². The van der Waals surface area contributed by atoms with Gasteiger partial charge in [0.1, 0.15) is 0 Å². The minimum atomic E-state index is -0.244. The number of halogens is 1. The van der Waals surface area contributed by atoms with Gasteiger partial charge in [0.05, 0.1) is 22.9 Å². The van der Waals surface area contributed by atoms with Crippen molar-refractivity contribution in [1.29, 1.82) is 0 Å². The topological polar surface area (TPSA) is 65.5 Å². The van der Waals surface area contributed by atoms with Crippen molar-refractivity contribution in [2.24, 2.45) is 5.92 Å². The van der Waals surface area contributed by atoms with Gasteiger partial charge in [0, 0.05) is 12.7 Å². The Kier molecular flexibility index (Phi) is 5.25. The number of anilines is 3. The molecule has 4 rings (SSSR count). The van der Waals surface area contributed by atoms with Crippen LogP contribution in [0.4, 0.5) is 17.2 Å². The summed E-state index contributed by atoms with van der Waals surface area (Å²) < 4.78 is 0. The maximum atomic E-state index is 13.4. The Labute approximate surface area is 158 Å². The van der Waals surface area contributed by atoms with Gasteiger partial charge in [0.25, 0.3) is 5.91 Å². The Morgan fingerprint density at radius 2 is 2.04 bits per heavy atom. The van der Waals surface area contributed by atoms with E-state index in [1.54, 1.807) is 23.2 Å². The molecule has 1 aromatic carbocycles. The highest BCUT2D eigenvalue weighted by Gasteiger charge is 2.35. The fourth-order valence-corrected chi connectivity index (χ4v) is 3.60. The summed E-state index contributed by atoms with van der Waals surface area (Å²) in [5.41, 5.74) is 1.71. The second-order valence-corrected chi connectivity index (χ2v) is 6.62. The lowest BCUT2D eigenvalue weighted by Crippen LogP contribution is -2.42. The smallest absolute Gasteiger partial charge is 0.259 e. The number of benzene rings is 1. The predicted octanol–water partition coefficient (Wildman–Crippen LogP) is 3.08. The zero-order valence-electron chi connectivity index (χ0n) is 14.5. The summed E-state index contributed by atoms with van der Waals surface area (Å²) >= 11 is 0. The van der Waals surface area contributed by atoms with E-state index in [-0.39, 0.29) is 30.1 Å². The average Bonchev–Trinajstić information content (AvgIpc) is 2.75. The van der Waals surface area contributed by atoms with E-state index in [0.29, 0.717) is 22.8 Å². The van der Waals surface area contributed by atoms with Crippen LogP contribution in [-0.4, -0.2) is 41.8 Å². The largest absolute Gasteiger partial charge is 0.320 e. The van der Waals surface area contributed by atoms with Gasteiger partial charge in [-0.15, -0.1) is 12.4 Å². The van der Waals surface area contributed by atoms with Gasteiger partial charge in [0.2, 0.25) is 5.91 Å². The Bertz CT molecular complexity index is 842. The third-order valence-corrected chi connectivity index (χ3v) is 4.83. The molecule has 0 spiro atoms. The molecule has 0 saturated carbocycles. The van der Waals surface area contributed by atoms with E-state index in [9.17, 15) is 9.59 Å². The predicted molar refractivity (Wildman–Crippen MR) is 103 cm³/mol. The number of aromatic nitrogens is 1. The third-order valence-electron chi connectivity index (χ3n) is 4.83. The van der Waals surface area contributed by atoms with Gasteiger partial charge in [-0.3, -0.25) is 14.5 Å². The van der Waals surface area contributed by atoms with Crippen molar-refractivity contribution >= 4 is 41.4 Å². The molecule has 1 unspecified atom stereocenters. The fraction of sp³-hybridized carbons (Fsp3) is 0.316. The number of para-hydroxylation sites is 2. The third kappa shape index (κ3) is 3.18. The lowest BCUT2D eigenvalue weighted by molar-refractivity contribution is -0.123. The number of carbonyl (C=O) groups excluding carboxylic acids is 2. The number of fused-ring (bicyclic) bond motifs is 2. The number of carbonyl (C=O) groups is 2. The van der Waals surface area contributed by atoms with Crippen LogP contribution in [0.1, 0.15) is 23.2 Å². The van der Waals surface area contributed by atoms with E-state index in [1.807, 2.05) is 31.3 Å². The number of hydrogen-bond donors (Lipinski definition) is 1. The van der Waals surface area contributed by atoms with Crippen molar-refractivity contribution in [2.45, 2.75) is 12.8 Å². The molecule has 6 nitrogen and oxygen atoms in total. The maximum Gasteiger partial charge on any atom is 0.259 e. The highest BCUT2D eigenvalue weighted by atomic mass is 35.5. The fourth-order valence-electron chi connectivity index (χ4n) is 3.60. The van der Waals surface area contributed by atoms with Gasteiger partial charge in [-0.05, 0) is 50.7 Å². The molecule has 1 atom stereocenters. The lowest BCUT2D eigenvalue weighted by Gasteiger charge is -2.33. The first kappa shape index (κ1) is 18.4. The highest BCUT2D eigenvalue weighted by Crippen LogP contribution is 2.38. The summed E-state index contributed by atoms with van der Waals surface area (Å²) in [6.45, 7) is 1.73. The Morgan fingerprint density at radius 1 is 1.23 bits per heavy atom. The normalized spacial score (nSPS) is 19.5. The molecule has 2 aliphatic rings. The molecule has 3 heterocycles. The summed E-state index contributed by atoms with van der Waals surface area (Å²) in [5, 5.41) is 2.89. The molecule has 0 bridgehead atoms. The Balaban J connectivity index is 0.00000196. The molecule has 0 radical (unpaired) electrons. The first-order valence-electron chi connectivity index (χ1n) is 8.53. The molecule has 2 aliphatic heterocycles. The summed E-state index contributed by atoms with van der Waals surface area (Å²) in [6.07, 6.45) is 3.47. The van der Waals surface area contributed by atoms with E-state index in [1.165, 1.54) is 0 Å². The molecule has 1 N–H and O–H groups in total. The van der Waals surface area contributed by atoms with Crippen molar-refractivity contribution in [2.75, 3.05) is 30.4 Å². The number of pyridine rings is 1. The van der Waals surface area contributed by atoms with Crippen LogP contribution in [0.3, 0.4) is 0 Å². The number of rotatable bonds is 1. The quantitative estimate of drug-likeness (QED) is 0.835. The molecule has 0 aliphatic carbocycles. The second kappa shape index (κ2) is 7.43. The minimum absolute atomic E-state index is 0. The monoisotopic (exact) mass is 372 g/mol. The van der Waals surface area contributed by atoms with Crippen LogP contribution < -0.4 is 10.2 Å². The SMILES string of the molecule is CN1CCCC(C(=O)N2c3ccccc3NC(=O)c3cccnc32)C1.Cl. The number of amides is 2. The summed E-state index contributed by atoms with van der Waals surface area (Å²) in [4.78, 5) is 34.1. The average molecular weight is 373 g/mol. The first-order valence-corrected chi connectivity index (χ1v) is 8.53. The minimum Gasteiger partial charge on any atom is -0.320 e. The molecule has 1 fully saturated rings. The molecular weight excluding hydrogens is 352 g/mol. The molecule has 136 valence electrons. The van der Waals surface area contributed by atoms with Crippen LogP contribution in [0.15, 0.2) is 42.6 Å². The molecule has 1 saturated heterocycles. The molecular formula is C19H21ClN4O2. The van der Waals surface area contributed by atoms with Crippen LogP contribution in [0.25, 0.3) is 0 Å². The number of nitrogens with zero attached hydrogens (tertiary/aromatic N) is 3. The zero-order chi connectivity index (χ0) is 17.4. The number of likely N-dealkylation sites (tertiary alicyclic amines) is 1. The van der Waals surface area contributed by atoms with E-state index in [0.717, 1.165) is 25.9 Å². The second-order valence-electron chi connectivity index (χ2n) is 6.62. The summed E-state index contributed by atoms with van der Waals surface area (Å²) in [6, 6.07) is 10.8. The Hall–Kier alpha value is -2.44. The van der Waals surface area contributed by atoms with Gasteiger partial charge >= 0.3 is 0 Å². The molecule has 1 aromatic heterocycles. The van der Waals surface area contributed by atoms with E-state index in [4.69, 9.17) is 0 Å². The van der Waals surface area contributed by atoms with E-state index in [2.05, 4.69) is 15.2 Å². The molecule has 2 aromatic rings. The zero-order valence-corrected chi connectivity index (χ0v) is 15.3. The Morgan fingerprint density at radius 3 is 2.85 bits per heavy atom. The van der Waals surface area contributed by atoms with Crippen molar-refractivity contribution in [3.05, 3.63) is 48.2 Å². The van der Waals surface area contributed by atoms with E-state index < -0.39 is 0 Å². The van der Waals surface area contributed by atoms with Gasteiger partial charge in [0.15, 0.2) is 5.82 Å². The molecule has 26 heavy (non-hydrogen) atoms. The summed E-state index contributed by atoms with van der Waals surface area (Å²) in [7, 11) is 2.03. The van der Waals surface area contributed by atoms with Crippen molar-refractivity contribution < 1.29 is 9.59 Å².